The summed E-state index contributed by atoms with van der Waals surface area (Å²) in [7, 11) is 1.81. The minimum atomic E-state index is -0.454. The van der Waals surface area contributed by atoms with Crippen LogP contribution in [0.4, 0.5) is 17.2 Å². The molecule has 2 aromatic carbocycles. The summed E-state index contributed by atoms with van der Waals surface area (Å²) >= 11 is 1.28. The second kappa shape index (κ2) is 7.47. The summed E-state index contributed by atoms with van der Waals surface area (Å²) < 4.78 is 0. The first kappa shape index (κ1) is 18.2. The molecule has 8 heteroatoms. The summed E-state index contributed by atoms with van der Waals surface area (Å²) in [5.74, 6) is 0.356. The number of rotatable bonds is 4. The fraction of sp³-hybridized carbons (Fsp3) is 0.200. The van der Waals surface area contributed by atoms with Gasteiger partial charge in [-0.3, -0.25) is 14.5 Å². The van der Waals surface area contributed by atoms with Gasteiger partial charge in [0.2, 0.25) is 11.8 Å². The number of thioether (sulfide) groups is 1. The molecule has 0 bridgehead atoms. The molecule has 0 spiro atoms. The number of nitrogens with zero attached hydrogens (tertiary/aromatic N) is 3. The molecule has 1 aliphatic heterocycles. The molecule has 4 rings (SSSR count). The fourth-order valence-electron chi connectivity index (χ4n) is 3.16. The van der Waals surface area contributed by atoms with E-state index >= 15 is 0 Å². The lowest BCUT2D eigenvalue weighted by molar-refractivity contribution is -0.121. The van der Waals surface area contributed by atoms with Crippen LogP contribution in [0.5, 0.6) is 0 Å². The van der Waals surface area contributed by atoms with Crippen LogP contribution in [0, 0.1) is 0 Å². The molecule has 2 N–H and O–H groups in total. The Balaban J connectivity index is 1.61. The highest BCUT2D eigenvalue weighted by Crippen LogP contribution is 2.32. The third kappa shape index (κ3) is 3.38. The summed E-state index contributed by atoms with van der Waals surface area (Å²) in [5.41, 5.74) is 2.16. The van der Waals surface area contributed by atoms with Crippen LogP contribution in [0.3, 0.4) is 0 Å². The molecular formula is C20H19N5O2S. The van der Waals surface area contributed by atoms with Crippen LogP contribution in [0.25, 0.3) is 10.9 Å². The van der Waals surface area contributed by atoms with Crippen LogP contribution in [0.2, 0.25) is 0 Å². The average molecular weight is 393 g/mol. The minimum absolute atomic E-state index is 0.00108. The van der Waals surface area contributed by atoms with Crippen molar-refractivity contribution in [3.63, 3.8) is 0 Å². The van der Waals surface area contributed by atoms with Gasteiger partial charge in [-0.05, 0) is 31.2 Å². The fourth-order valence-corrected chi connectivity index (χ4v) is 4.00. The van der Waals surface area contributed by atoms with Gasteiger partial charge < -0.3 is 10.6 Å². The van der Waals surface area contributed by atoms with Crippen molar-refractivity contribution in [3.05, 3.63) is 48.5 Å². The van der Waals surface area contributed by atoms with E-state index in [2.05, 4.69) is 20.6 Å². The zero-order valence-electron chi connectivity index (χ0n) is 15.5. The Morgan fingerprint density at radius 2 is 1.93 bits per heavy atom. The maximum atomic E-state index is 13.1. The predicted molar refractivity (Wildman–Crippen MR) is 112 cm³/mol. The largest absolute Gasteiger partial charge is 0.372 e. The Morgan fingerprint density at radius 1 is 1.18 bits per heavy atom. The Kier molecular flexibility index (Phi) is 4.87. The number of fused-ring (bicyclic) bond motifs is 2. The van der Waals surface area contributed by atoms with E-state index in [1.165, 1.54) is 16.7 Å². The van der Waals surface area contributed by atoms with Gasteiger partial charge in [0.15, 0.2) is 5.16 Å². The normalized spacial score (nSPS) is 14.4. The van der Waals surface area contributed by atoms with Gasteiger partial charge in [-0.15, -0.1) is 0 Å². The summed E-state index contributed by atoms with van der Waals surface area (Å²) in [6.07, 6.45) is 0. The van der Waals surface area contributed by atoms with Gasteiger partial charge in [0, 0.05) is 12.4 Å². The minimum Gasteiger partial charge on any atom is -0.372 e. The monoisotopic (exact) mass is 393 g/mol. The van der Waals surface area contributed by atoms with Crippen LogP contribution in [0.15, 0.2) is 53.7 Å². The predicted octanol–water partition coefficient (Wildman–Crippen LogP) is 3.14. The Hall–Kier alpha value is -3.13. The lowest BCUT2D eigenvalue weighted by atomic mass is 10.2. The molecule has 7 nitrogen and oxygen atoms in total. The van der Waals surface area contributed by atoms with E-state index in [1.807, 2.05) is 42.5 Å². The molecule has 0 aliphatic carbocycles. The number of aromatic nitrogens is 2. The van der Waals surface area contributed by atoms with Crippen molar-refractivity contribution in [3.8, 4) is 0 Å². The molecule has 1 atom stereocenters. The summed E-state index contributed by atoms with van der Waals surface area (Å²) in [4.78, 5) is 35.7. The van der Waals surface area contributed by atoms with Gasteiger partial charge in [-0.2, -0.15) is 0 Å². The van der Waals surface area contributed by atoms with Gasteiger partial charge in [0.05, 0.1) is 22.1 Å². The van der Waals surface area contributed by atoms with Crippen molar-refractivity contribution in [2.45, 2.75) is 17.3 Å². The van der Waals surface area contributed by atoms with Gasteiger partial charge in [-0.25, -0.2) is 9.97 Å². The molecule has 0 saturated heterocycles. The van der Waals surface area contributed by atoms with Crippen LogP contribution in [-0.2, 0) is 9.59 Å². The Morgan fingerprint density at radius 3 is 2.75 bits per heavy atom. The van der Waals surface area contributed by atoms with E-state index in [1.54, 1.807) is 20.0 Å². The maximum Gasteiger partial charge on any atom is 0.244 e. The van der Waals surface area contributed by atoms with Crippen LogP contribution < -0.4 is 15.5 Å². The first-order valence-electron chi connectivity index (χ1n) is 8.88. The quantitative estimate of drug-likeness (QED) is 0.523. The van der Waals surface area contributed by atoms with Crippen LogP contribution in [0.1, 0.15) is 6.92 Å². The van der Waals surface area contributed by atoms with E-state index in [0.29, 0.717) is 16.5 Å². The lowest BCUT2D eigenvalue weighted by Gasteiger charge is -2.30. The second-order valence-electron chi connectivity index (χ2n) is 6.37. The highest BCUT2D eigenvalue weighted by molar-refractivity contribution is 8.00. The van der Waals surface area contributed by atoms with Crippen molar-refractivity contribution in [1.82, 2.24) is 9.97 Å². The molecule has 0 fully saturated rings. The van der Waals surface area contributed by atoms with E-state index in [9.17, 15) is 9.59 Å². The van der Waals surface area contributed by atoms with Crippen molar-refractivity contribution in [1.29, 1.82) is 0 Å². The maximum absolute atomic E-state index is 13.1. The zero-order chi connectivity index (χ0) is 19.7. The van der Waals surface area contributed by atoms with Crippen molar-refractivity contribution < 1.29 is 9.59 Å². The molecule has 0 saturated carbocycles. The molecule has 2 amide bonds. The SMILES string of the molecule is CNc1nc(S[C@@H](C)C(=O)N2CC(=O)Nc3ccccc32)nc2ccccc12. The molecule has 0 radical (unpaired) electrons. The van der Waals surface area contributed by atoms with E-state index in [4.69, 9.17) is 0 Å². The molecule has 0 unspecified atom stereocenters. The van der Waals surface area contributed by atoms with Crippen molar-refractivity contribution in [2.75, 3.05) is 29.1 Å². The number of hydrogen-bond acceptors (Lipinski definition) is 6. The molecule has 28 heavy (non-hydrogen) atoms. The summed E-state index contributed by atoms with van der Waals surface area (Å²) in [5, 5.41) is 6.86. The van der Waals surface area contributed by atoms with E-state index in [0.717, 1.165) is 16.7 Å². The second-order valence-corrected chi connectivity index (χ2v) is 7.68. The topological polar surface area (TPSA) is 87.2 Å². The van der Waals surface area contributed by atoms with Gasteiger partial charge in [-0.1, -0.05) is 36.0 Å². The number of hydrogen-bond donors (Lipinski definition) is 2. The third-order valence-corrected chi connectivity index (χ3v) is 5.43. The number of carbonyl (C=O) groups is 2. The average Bonchev–Trinajstić information content (AvgIpc) is 2.71. The highest BCUT2D eigenvalue weighted by atomic mass is 32.2. The number of para-hydroxylation sites is 3. The van der Waals surface area contributed by atoms with Gasteiger partial charge in [0.25, 0.3) is 0 Å². The zero-order valence-corrected chi connectivity index (χ0v) is 16.3. The third-order valence-electron chi connectivity index (χ3n) is 4.49. The number of benzene rings is 2. The smallest absolute Gasteiger partial charge is 0.244 e. The Labute approximate surface area is 166 Å². The number of carbonyl (C=O) groups excluding carboxylic acids is 2. The molecule has 1 aliphatic rings. The number of nitrogens with one attached hydrogen (secondary N) is 2. The standard InChI is InChI=1S/C20H19N5O2S/c1-12(19(27)25-11-17(26)22-15-9-5-6-10-16(15)25)28-20-23-14-8-4-3-7-13(14)18(21-2)24-20/h3-10,12H,11H2,1-2H3,(H,22,26)(H,21,23,24)/t12-/m0/s1. The lowest BCUT2D eigenvalue weighted by Crippen LogP contribution is -2.45. The van der Waals surface area contributed by atoms with Gasteiger partial charge >= 0.3 is 0 Å². The molecule has 142 valence electrons. The summed E-state index contributed by atoms with van der Waals surface area (Å²) in [6, 6.07) is 15.0. The van der Waals surface area contributed by atoms with E-state index < -0.39 is 5.25 Å². The van der Waals surface area contributed by atoms with Gasteiger partial charge in [0.1, 0.15) is 12.4 Å². The molecule has 1 aromatic heterocycles. The first-order chi connectivity index (χ1) is 13.6. The molecular weight excluding hydrogens is 374 g/mol. The van der Waals surface area contributed by atoms with Crippen LogP contribution in [-0.4, -0.2) is 40.6 Å². The number of amides is 2. The van der Waals surface area contributed by atoms with Crippen molar-refractivity contribution >= 4 is 51.7 Å². The molecule has 3 aromatic rings. The summed E-state index contributed by atoms with van der Waals surface area (Å²) in [6.45, 7) is 1.81. The van der Waals surface area contributed by atoms with Crippen molar-refractivity contribution in [2.24, 2.45) is 0 Å². The number of anilines is 3. The first-order valence-corrected chi connectivity index (χ1v) is 9.76. The van der Waals surface area contributed by atoms with E-state index in [-0.39, 0.29) is 18.4 Å². The Bertz CT molecular complexity index is 1070. The van der Waals surface area contributed by atoms with Crippen LogP contribution >= 0.6 is 11.8 Å². The molecule has 2 heterocycles. The highest BCUT2D eigenvalue weighted by Gasteiger charge is 2.30.